The molecule has 0 aromatic rings. The van der Waals surface area contributed by atoms with Crippen LogP contribution in [-0.2, 0) is 28.6 Å². The maximum atomic E-state index is 12.9. The first-order chi connectivity index (χ1) is 34.5. The van der Waals surface area contributed by atoms with Crippen molar-refractivity contribution in [2.75, 3.05) is 13.2 Å². The topological polar surface area (TPSA) is 78.9 Å². The summed E-state index contributed by atoms with van der Waals surface area (Å²) >= 11 is 0. The van der Waals surface area contributed by atoms with E-state index in [1.54, 1.807) is 0 Å². The van der Waals surface area contributed by atoms with E-state index < -0.39 is 6.10 Å². The van der Waals surface area contributed by atoms with Gasteiger partial charge in [0.25, 0.3) is 0 Å². The van der Waals surface area contributed by atoms with Crippen molar-refractivity contribution in [3.63, 3.8) is 0 Å². The van der Waals surface area contributed by atoms with Crippen LogP contribution in [0, 0.1) is 0 Å². The second kappa shape index (κ2) is 58.2. The molecule has 1 unspecified atom stereocenters. The van der Waals surface area contributed by atoms with Crippen LogP contribution in [0.25, 0.3) is 0 Å². The molecule has 0 heterocycles. The molecule has 0 amide bonds. The van der Waals surface area contributed by atoms with Crippen LogP contribution in [0.4, 0.5) is 0 Å². The molecule has 0 saturated heterocycles. The van der Waals surface area contributed by atoms with Crippen molar-refractivity contribution < 1.29 is 28.6 Å². The summed E-state index contributed by atoms with van der Waals surface area (Å²) in [6.07, 6.45) is 75.7. The fourth-order valence-electron chi connectivity index (χ4n) is 8.21. The third kappa shape index (κ3) is 55.5. The fourth-order valence-corrected chi connectivity index (χ4v) is 8.21. The Morgan fingerprint density at radius 1 is 0.300 bits per heavy atom. The molecule has 70 heavy (non-hydrogen) atoms. The Bertz CT molecular complexity index is 1350. The van der Waals surface area contributed by atoms with Gasteiger partial charge in [-0.3, -0.25) is 14.4 Å². The Labute approximate surface area is 433 Å². The maximum Gasteiger partial charge on any atom is 0.306 e. The predicted octanol–water partition coefficient (Wildman–Crippen LogP) is 19.9. The van der Waals surface area contributed by atoms with Gasteiger partial charge >= 0.3 is 17.9 Å². The molecule has 0 aromatic heterocycles. The zero-order chi connectivity index (χ0) is 50.7. The summed E-state index contributed by atoms with van der Waals surface area (Å²) in [7, 11) is 0. The van der Waals surface area contributed by atoms with E-state index >= 15 is 0 Å². The van der Waals surface area contributed by atoms with Crippen LogP contribution in [0.2, 0.25) is 0 Å². The monoisotopic (exact) mass is 975 g/mol. The van der Waals surface area contributed by atoms with Crippen molar-refractivity contribution in [1.29, 1.82) is 0 Å². The van der Waals surface area contributed by atoms with E-state index in [4.69, 9.17) is 14.2 Å². The second-order valence-corrected chi connectivity index (χ2v) is 19.5. The molecule has 0 saturated carbocycles. The first kappa shape index (κ1) is 66.6. The van der Waals surface area contributed by atoms with E-state index in [0.717, 1.165) is 109 Å². The van der Waals surface area contributed by atoms with Gasteiger partial charge < -0.3 is 14.2 Å². The standard InChI is InChI=1S/C64H110O6/c1-4-7-10-13-16-19-22-25-28-31-32-34-36-39-42-45-48-51-54-57-63(66)69-60-61(59-68-62(65)56-53-50-47-44-41-38-35-30-27-24-21-18-15-12-9-6-3)70-64(67)58-55-52-49-46-43-40-37-33-29-26-23-20-17-14-11-8-5-2/h7,10,16-17,19-20,25-26,28-29,32,34,39,42,61H,4-6,8-9,11-15,18,21-24,27,30-31,33,35-38,40-41,43-60H2,1-3H3/b10-7-,19-16-,20-17-,28-25-,29-26-,34-32-,42-39-. The zero-order valence-electron chi connectivity index (χ0n) is 46.0. The van der Waals surface area contributed by atoms with Crippen LogP contribution in [0.1, 0.15) is 284 Å². The average Bonchev–Trinajstić information content (AvgIpc) is 3.36. The van der Waals surface area contributed by atoms with Crippen LogP contribution < -0.4 is 0 Å². The minimum Gasteiger partial charge on any atom is -0.462 e. The molecule has 0 aromatic carbocycles. The highest BCUT2D eigenvalue weighted by atomic mass is 16.6. The van der Waals surface area contributed by atoms with Gasteiger partial charge in [0.2, 0.25) is 0 Å². The van der Waals surface area contributed by atoms with Crippen LogP contribution >= 0.6 is 0 Å². The largest absolute Gasteiger partial charge is 0.462 e. The van der Waals surface area contributed by atoms with Crippen molar-refractivity contribution >= 4 is 17.9 Å². The van der Waals surface area contributed by atoms with Gasteiger partial charge in [0.15, 0.2) is 6.10 Å². The molecule has 6 nitrogen and oxygen atoms in total. The van der Waals surface area contributed by atoms with Crippen molar-refractivity contribution in [3.8, 4) is 0 Å². The first-order valence-corrected chi connectivity index (χ1v) is 29.6. The lowest BCUT2D eigenvalue weighted by atomic mass is 10.0. The molecule has 0 aliphatic carbocycles. The Balaban J connectivity index is 4.45. The third-order valence-corrected chi connectivity index (χ3v) is 12.6. The smallest absolute Gasteiger partial charge is 0.306 e. The highest BCUT2D eigenvalue weighted by molar-refractivity contribution is 5.71. The Morgan fingerprint density at radius 3 is 0.914 bits per heavy atom. The van der Waals surface area contributed by atoms with Crippen molar-refractivity contribution in [1.82, 2.24) is 0 Å². The third-order valence-electron chi connectivity index (χ3n) is 12.6. The van der Waals surface area contributed by atoms with E-state index in [1.165, 1.54) is 135 Å². The lowest BCUT2D eigenvalue weighted by Gasteiger charge is -2.18. The minimum atomic E-state index is -0.794. The van der Waals surface area contributed by atoms with Gasteiger partial charge in [0.05, 0.1) is 0 Å². The van der Waals surface area contributed by atoms with E-state index in [0.29, 0.717) is 19.3 Å². The van der Waals surface area contributed by atoms with Crippen molar-refractivity contribution in [2.45, 2.75) is 290 Å². The van der Waals surface area contributed by atoms with Crippen molar-refractivity contribution in [2.24, 2.45) is 0 Å². The predicted molar refractivity (Wildman–Crippen MR) is 302 cm³/mol. The van der Waals surface area contributed by atoms with Gasteiger partial charge in [-0.1, -0.05) is 254 Å². The Hall–Kier alpha value is -3.41. The second-order valence-electron chi connectivity index (χ2n) is 19.5. The first-order valence-electron chi connectivity index (χ1n) is 29.6. The normalized spacial score (nSPS) is 12.7. The number of ether oxygens (including phenoxy) is 3. The van der Waals surface area contributed by atoms with Crippen LogP contribution in [0.3, 0.4) is 0 Å². The van der Waals surface area contributed by atoms with Gasteiger partial charge in [0.1, 0.15) is 13.2 Å². The number of hydrogen-bond donors (Lipinski definition) is 0. The number of hydrogen-bond acceptors (Lipinski definition) is 6. The highest BCUT2D eigenvalue weighted by Gasteiger charge is 2.19. The van der Waals surface area contributed by atoms with Crippen molar-refractivity contribution in [3.05, 3.63) is 85.1 Å². The minimum absolute atomic E-state index is 0.0884. The molecule has 402 valence electrons. The van der Waals surface area contributed by atoms with Crippen LogP contribution in [-0.4, -0.2) is 37.2 Å². The molecule has 0 aliphatic heterocycles. The summed E-state index contributed by atoms with van der Waals surface area (Å²) in [6, 6.07) is 0. The number of carbonyl (C=O) groups is 3. The molecule has 1 atom stereocenters. The van der Waals surface area contributed by atoms with Crippen LogP contribution in [0.5, 0.6) is 0 Å². The molecule has 0 fully saturated rings. The number of allylic oxidation sites excluding steroid dienone is 14. The molecule has 0 aliphatic rings. The number of unbranched alkanes of at least 4 members (excludes halogenated alkanes) is 28. The molecule has 6 heteroatoms. The lowest BCUT2D eigenvalue weighted by Crippen LogP contribution is -2.30. The number of carbonyl (C=O) groups excluding carboxylic acids is 3. The van der Waals surface area contributed by atoms with E-state index in [1.807, 2.05) is 0 Å². The quantitative estimate of drug-likeness (QED) is 0.0261. The van der Waals surface area contributed by atoms with Gasteiger partial charge in [-0.15, -0.1) is 0 Å². The highest BCUT2D eigenvalue weighted by Crippen LogP contribution is 2.16. The summed E-state index contributed by atoms with van der Waals surface area (Å²) in [4.78, 5) is 38.2. The van der Waals surface area contributed by atoms with E-state index in [2.05, 4.69) is 106 Å². The molecule has 0 radical (unpaired) electrons. The number of esters is 3. The summed E-state index contributed by atoms with van der Waals surface area (Å²) in [6.45, 7) is 6.49. The summed E-state index contributed by atoms with van der Waals surface area (Å²) in [5.74, 6) is -0.920. The lowest BCUT2D eigenvalue weighted by molar-refractivity contribution is -0.167. The van der Waals surface area contributed by atoms with Gasteiger partial charge in [0, 0.05) is 19.3 Å². The molecular formula is C64H110O6. The summed E-state index contributed by atoms with van der Waals surface area (Å²) in [5.41, 5.74) is 0. The Morgan fingerprint density at radius 2 is 0.557 bits per heavy atom. The zero-order valence-corrected chi connectivity index (χ0v) is 46.0. The molecule has 0 bridgehead atoms. The van der Waals surface area contributed by atoms with Gasteiger partial charge in [-0.25, -0.2) is 0 Å². The summed E-state index contributed by atoms with van der Waals surface area (Å²) < 4.78 is 16.9. The van der Waals surface area contributed by atoms with Gasteiger partial charge in [-0.2, -0.15) is 0 Å². The molecule has 0 N–H and O–H groups in total. The SMILES string of the molecule is CC/C=C\C/C=C\C/C=C\C/C=C\C/C=C\CCCCCC(=O)OCC(COC(=O)CCCCCCCCCCCCCCCCCC)OC(=O)CCCCCCCCC/C=C\C/C=C\CCCCC. The van der Waals surface area contributed by atoms with Gasteiger partial charge in [-0.05, 0) is 96.3 Å². The van der Waals surface area contributed by atoms with Crippen LogP contribution in [0.15, 0.2) is 85.1 Å². The molecular weight excluding hydrogens is 865 g/mol. The Kier molecular flexibility index (Phi) is 55.3. The summed E-state index contributed by atoms with van der Waals surface area (Å²) in [5, 5.41) is 0. The molecule has 0 rings (SSSR count). The number of rotatable bonds is 53. The fraction of sp³-hybridized carbons (Fsp3) is 0.734. The molecule has 0 spiro atoms. The maximum absolute atomic E-state index is 12.9. The van der Waals surface area contributed by atoms with E-state index in [9.17, 15) is 14.4 Å². The average molecular weight is 976 g/mol. The van der Waals surface area contributed by atoms with E-state index in [-0.39, 0.29) is 31.1 Å².